The Kier molecular flexibility index (Phi) is 5.82. The Hall–Kier alpha value is -2.11. The van der Waals surface area contributed by atoms with E-state index >= 15 is 0 Å². The van der Waals surface area contributed by atoms with Crippen LogP contribution in [0.3, 0.4) is 0 Å². The summed E-state index contributed by atoms with van der Waals surface area (Å²) in [5.74, 6) is 0. The lowest BCUT2D eigenvalue weighted by atomic mass is 10.3. The molecular formula is C18H17NP. The molecule has 0 spiro atoms. The summed E-state index contributed by atoms with van der Waals surface area (Å²) in [5.41, 5.74) is 6.18. The van der Waals surface area contributed by atoms with E-state index in [1.54, 1.807) is 0 Å². The zero-order chi connectivity index (χ0) is 14.0. The van der Waals surface area contributed by atoms with Crippen molar-refractivity contribution >= 4 is 24.9 Å². The molecule has 3 rings (SSSR count). The molecule has 0 amide bonds. The summed E-state index contributed by atoms with van der Waals surface area (Å²) in [6, 6.07) is 30.5. The van der Waals surface area contributed by atoms with Crippen molar-refractivity contribution in [2.45, 2.75) is 0 Å². The van der Waals surface area contributed by atoms with Gasteiger partial charge in [0.15, 0.2) is 0 Å². The standard InChI is InChI=1S/C12H10P.C6H7N/c1-3-7-11(8-4-1)13-12-9-5-2-6-10-12;7-6-4-2-1-3-5-6/h1-10H;1-5H,7H2. The van der Waals surface area contributed by atoms with Crippen molar-refractivity contribution in [1.82, 2.24) is 0 Å². The SMILES string of the molecule is Nc1ccccc1.c1ccc([P]c2ccccc2)cc1. The van der Waals surface area contributed by atoms with Crippen LogP contribution in [0.5, 0.6) is 0 Å². The minimum absolute atomic E-state index is 0.822. The highest BCUT2D eigenvalue weighted by Gasteiger charge is 1.93. The minimum atomic E-state index is 0.822. The summed E-state index contributed by atoms with van der Waals surface area (Å²) in [7, 11) is 1.28. The van der Waals surface area contributed by atoms with E-state index in [9.17, 15) is 0 Å². The molecule has 2 N–H and O–H groups in total. The zero-order valence-corrected chi connectivity index (χ0v) is 12.1. The maximum atomic E-state index is 5.36. The first kappa shape index (κ1) is 14.3. The average Bonchev–Trinajstić information content (AvgIpc) is 2.51. The molecule has 2 heteroatoms. The Balaban J connectivity index is 0.000000178. The molecule has 0 bridgehead atoms. The largest absolute Gasteiger partial charge is 0.399 e. The lowest BCUT2D eigenvalue weighted by molar-refractivity contribution is 1.69. The van der Waals surface area contributed by atoms with Gasteiger partial charge in [0.2, 0.25) is 0 Å². The van der Waals surface area contributed by atoms with Gasteiger partial charge in [0.25, 0.3) is 0 Å². The van der Waals surface area contributed by atoms with E-state index in [1.807, 2.05) is 42.5 Å². The molecule has 0 aliphatic rings. The topological polar surface area (TPSA) is 26.0 Å². The lowest BCUT2D eigenvalue weighted by Gasteiger charge is -1.98. The molecule has 20 heavy (non-hydrogen) atoms. The average molecular weight is 278 g/mol. The third-order valence-electron chi connectivity index (χ3n) is 2.57. The molecule has 0 atom stereocenters. The number of para-hydroxylation sites is 1. The Morgan fingerprint density at radius 2 is 0.850 bits per heavy atom. The zero-order valence-electron chi connectivity index (χ0n) is 11.2. The smallest absolute Gasteiger partial charge is 0.0313 e. The number of nitrogen functional groups attached to an aromatic ring is 1. The maximum absolute atomic E-state index is 5.36. The predicted octanol–water partition coefficient (Wildman–Crippen LogP) is 3.85. The monoisotopic (exact) mass is 278 g/mol. The van der Waals surface area contributed by atoms with Crippen molar-refractivity contribution in [3.63, 3.8) is 0 Å². The summed E-state index contributed by atoms with van der Waals surface area (Å²) < 4.78 is 0. The fourth-order valence-corrected chi connectivity index (χ4v) is 2.55. The number of benzene rings is 3. The molecule has 1 nitrogen and oxygen atoms in total. The van der Waals surface area contributed by atoms with Crippen molar-refractivity contribution in [3.05, 3.63) is 91.0 Å². The Morgan fingerprint density at radius 1 is 0.500 bits per heavy atom. The molecule has 0 aromatic heterocycles. The first-order valence-corrected chi connectivity index (χ1v) is 7.36. The van der Waals surface area contributed by atoms with Gasteiger partial charge in [-0.25, -0.2) is 0 Å². The van der Waals surface area contributed by atoms with Gasteiger partial charge in [-0.05, 0) is 31.3 Å². The number of nitrogens with two attached hydrogens (primary N) is 1. The first-order valence-electron chi connectivity index (χ1n) is 6.47. The second-order valence-corrected chi connectivity index (χ2v) is 5.45. The Morgan fingerprint density at radius 3 is 1.15 bits per heavy atom. The van der Waals surface area contributed by atoms with Crippen molar-refractivity contribution in [1.29, 1.82) is 0 Å². The van der Waals surface area contributed by atoms with Crippen molar-refractivity contribution in [3.8, 4) is 0 Å². The van der Waals surface area contributed by atoms with Crippen LogP contribution in [0.1, 0.15) is 0 Å². The fraction of sp³-hybridized carbons (Fsp3) is 0. The lowest BCUT2D eigenvalue weighted by Crippen LogP contribution is -2.01. The molecule has 0 heterocycles. The minimum Gasteiger partial charge on any atom is -0.399 e. The molecular weight excluding hydrogens is 261 g/mol. The molecule has 99 valence electrons. The van der Waals surface area contributed by atoms with Gasteiger partial charge in [0.05, 0.1) is 0 Å². The Labute approximate surface area is 122 Å². The van der Waals surface area contributed by atoms with Crippen LogP contribution < -0.4 is 16.3 Å². The van der Waals surface area contributed by atoms with Gasteiger partial charge in [-0.3, -0.25) is 0 Å². The number of rotatable bonds is 2. The first-order chi connectivity index (χ1) is 9.84. The Bertz CT molecular complexity index is 557. The van der Waals surface area contributed by atoms with Crippen LogP contribution in [0, 0.1) is 0 Å². The second-order valence-electron chi connectivity index (χ2n) is 4.19. The van der Waals surface area contributed by atoms with Crippen LogP contribution in [0.15, 0.2) is 91.0 Å². The van der Waals surface area contributed by atoms with E-state index in [4.69, 9.17) is 5.73 Å². The quantitative estimate of drug-likeness (QED) is 0.559. The molecule has 0 saturated carbocycles. The molecule has 0 unspecified atom stereocenters. The summed E-state index contributed by atoms with van der Waals surface area (Å²) in [6.07, 6.45) is 0. The second kappa shape index (κ2) is 8.14. The van der Waals surface area contributed by atoms with Gasteiger partial charge in [-0.2, -0.15) is 0 Å². The number of anilines is 1. The van der Waals surface area contributed by atoms with Gasteiger partial charge in [0, 0.05) is 5.69 Å². The van der Waals surface area contributed by atoms with Crippen LogP contribution in [0.2, 0.25) is 0 Å². The molecule has 0 aliphatic carbocycles. The van der Waals surface area contributed by atoms with E-state index in [0.717, 1.165) is 5.69 Å². The molecule has 0 aliphatic heterocycles. The number of hydrogen-bond acceptors (Lipinski definition) is 1. The highest BCUT2D eigenvalue weighted by molar-refractivity contribution is 7.55. The third-order valence-corrected chi connectivity index (χ3v) is 3.68. The predicted molar refractivity (Wildman–Crippen MR) is 89.9 cm³/mol. The van der Waals surface area contributed by atoms with Crippen molar-refractivity contribution in [2.24, 2.45) is 0 Å². The van der Waals surface area contributed by atoms with Gasteiger partial charge in [-0.15, -0.1) is 0 Å². The third kappa shape index (κ3) is 5.26. The van der Waals surface area contributed by atoms with E-state index in [1.165, 1.54) is 19.2 Å². The van der Waals surface area contributed by atoms with E-state index < -0.39 is 0 Å². The summed E-state index contributed by atoms with van der Waals surface area (Å²) in [6.45, 7) is 0. The molecule has 3 aromatic carbocycles. The van der Waals surface area contributed by atoms with Gasteiger partial charge < -0.3 is 5.73 Å². The van der Waals surface area contributed by atoms with Gasteiger partial charge in [0.1, 0.15) is 0 Å². The van der Waals surface area contributed by atoms with E-state index in [0.29, 0.717) is 0 Å². The van der Waals surface area contributed by atoms with Gasteiger partial charge >= 0.3 is 0 Å². The van der Waals surface area contributed by atoms with E-state index in [2.05, 4.69) is 48.5 Å². The summed E-state index contributed by atoms with van der Waals surface area (Å²) >= 11 is 0. The van der Waals surface area contributed by atoms with Crippen LogP contribution in [0.4, 0.5) is 5.69 Å². The summed E-state index contributed by atoms with van der Waals surface area (Å²) in [4.78, 5) is 0. The maximum Gasteiger partial charge on any atom is 0.0313 e. The van der Waals surface area contributed by atoms with Crippen LogP contribution in [-0.2, 0) is 0 Å². The molecule has 3 aromatic rings. The number of hydrogen-bond donors (Lipinski definition) is 1. The molecule has 0 saturated heterocycles. The van der Waals surface area contributed by atoms with Crippen LogP contribution >= 0.6 is 8.58 Å². The van der Waals surface area contributed by atoms with Crippen LogP contribution in [-0.4, -0.2) is 0 Å². The van der Waals surface area contributed by atoms with Crippen LogP contribution in [0.25, 0.3) is 0 Å². The highest BCUT2D eigenvalue weighted by Crippen LogP contribution is 2.08. The molecule has 0 fully saturated rings. The van der Waals surface area contributed by atoms with Gasteiger partial charge in [-0.1, -0.05) is 78.9 Å². The molecule has 1 radical (unpaired) electrons. The summed E-state index contributed by atoms with van der Waals surface area (Å²) in [5, 5.41) is 2.68. The van der Waals surface area contributed by atoms with E-state index in [-0.39, 0.29) is 0 Å². The normalized spacial score (nSPS) is 9.40. The van der Waals surface area contributed by atoms with Crippen molar-refractivity contribution in [2.75, 3.05) is 5.73 Å². The fourth-order valence-electron chi connectivity index (χ4n) is 1.61. The van der Waals surface area contributed by atoms with Crippen molar-refractivity contribution < 1.29 is 0 Å². The highest BCUT2D eigenvalue weighted by atomic mass is 31.1.